The Morgan fingerprint density at radius 1 is 1.05 bits per heavy atom. The van der Waals surface area contributed by atoms with Crippen LogP contribution in [-0.2, 0) is 22.7 Å². The lowest BCUT2D eigenvalue weighted by atomic mass is 9.99. The molecule has 6 rings (SSSR count). The molecule has 234 valence electrons. The average molecular weight is 605 g/mol. The molecule has 4 N–H and O–H groups in total. The SMILES string of the molecule is Cc1noc(C)c1CN1C[C@@H]2C[C@H]1C(=O)NC[C@H]1O[C@H](CCOc3cc(-c4ccc(CO)cc4)ccc3C(=O)N2)CC[C@@H]1O. The van der Waals surface area contributed by atoms with Crippen LogP contribution in [0.3, 0.4) is 0 Å². The molecule has 2 saturated heterocycles. The zero-order valence-electron chi connectivity index (χ0n) is 25.1. The fourth-order valence-electron chi connectivity index (χ4n) is 6.43. The van der Waals surface area contributed by atoms with Crippen molar-refractivity contribution in [2.45, 2.75) is 83.1 Å². The summed E-state index contributed by atoms with van der Waals surface area (Å²) < 4.78 is 17.8. The van der Waals surface area contributed by atoms with E-state index < -0.39 is 18.2 Å². The van der Waals surface area contributed by atoms with E-state index in [1.54, 1.807) is 6.07 Å². The van der Waals surface area contributed by atoms with E-state index in [4.69, 9.17) is 14.0 Å². The highest BCUT2D eigenvalue weighted by Crippen LogP contribution is 2.31. The molecule has 0 radical (unpaired) electrons. The number of carbonyl (C=O) groups is 2. The molecule has 0 spiro atoms. The van der Waals surface area contributed by atoms with Crippen molar-refractivity contribution in [3.05, 3.63) is 70.6 Å². The van der Waals surface area contributed by atoms with Crippen LogP contribution in [-0.4, -0.2) is 82.2 Å². The lowest BCUT2D eigenvalue weighted by Crippen LogP contribution is -2.50. The predicted molar refractivity (Wildman–Crippen MR) is 161 cm³/mol. The van der Waals surface area contributed by atoms with Crippen molar-refractivity contribution in [2.24, 2.45) is 0 Å². The molecule has 2 aromatic carbocycles. The van der Waals surface area contributed by atoms with Gasteiger partial charge in [-0.3, -0.25) is 14.5 Å². The lowest BCUT2D eigenvalue weighted by molar-refractivity contribution is -0.133. The van der Waals surface area contributed by atoms with Crippen molar-refractivity contribution in [3.8, 4) is 16.9 Å². The first-order chi connectivity index (χ1) is 21.3. The van der Waals surface area contributed by atoms with Crippen LogP contribution in [0.1, 0.15) is 58.6 Å². The zero-order valence-corrected chi connectivity index (χ0v) is 25.1. The molecule has 4 heterocycles. The standard InChI is InChI=1S/C33H40N4O7/c1-19-27(20(2)44-36-19)17-37-16-24-14-28(37)33(41)34-15-31-29(39)10-8-25(43-31)11-12-42-30-13-23(7-9-26(30)32(40)35-24)22-5-3-21(18-38)4-6-22/h3-7,9,13,24-25,28-29,31,38-39H,8,10-12,14-18H2,1-2H3,(H,34,41)(H,35,40)/t24-,25-,28-,29-,31+/m0/s1. The maximum Gasteiger partial charge on any atom is 0.255 e. The topological polar surface area (TPSA) is 146 Å². The predicted octanol–water partition coefficient (Wildman–Crippen LogP) is 2.63. The van der Waals surface area contributed by atoms with Crippen LogP contribution < -0.4 is 15.4 Å². The molecule has 44 heavy (non-hydrogen) atoms. The van der Waals surface area contributed by atoms with Crippen LogP contribution in [0.25, 0.3) is 11.1 Å². The molecule has 11 heteroatoms. The van der Waals surface area contributed by atoms with Gasteiger partial charge in [-0.05, 0) is 61.9 Å². The summed E-state index contributed by atoms with van der Waals surface area (Å²) >= 11 is 0. The number of nitrogens with one attached hydrogen (secondary N) is 2. The van der Waals surface area contributed by atoms with E-state index in [1.165, 1.54) is 0 Å². The summed E-state index contributed by atoms with van der Waals surface area (Å²) in [6.07, 6.45) is 0.913. The normalized spacial score (nSPS) is 26.4. The number of nitrogens with zero attached hydrogens (tertiary/aromatic N) is 2. The van der Waals surface area contributed by atoms with Gasteiger partial charge in [0.1, 0.15) is 17.6 Å². The second kappa shape index (κ2) is 13.1. The summed E-state index contributed by atoms with van der Waals surface area (Å²) in [5, 5.41) is 30.3. The summed E-state index contributed by atoms with van der Waals surface area (Å²) in [7, 11) is 0. The van der Waals surface area contributed by atoms with Gasteiger partial charge in [0.2, 0.25) is 5.91 Å². The summed E-state index contributed by atoms with van der Waals surface area (Å²) in [4.78, 5) is 29.3. The van der Waals surface area contributed by atoms with E-state index in [1.807, 2.05) is 55.1 Å². The zero-order chi connectivity index (χ0) is 30.8. The third-order valence-electron chi connectivity index (χ3n) is 9.04. The Morgan fingerprint density at radius 3 is 2.59 bits per heavy atom. The Morgan fingerprint density at radius 2 is 1.84 bits per heavy atom. The van der Waals surface area contributed by atoms with Gasteiger partial charge in [-0.25, -0.2) is 0 Å². The van der Waals surface area contributed by atoms with Gasteiger partial charge in [-0.1, -0.05) is 35.5 Å². The number of aliphatic hydroxyl groups is 2. The van der Waals surface area contributed by atoms with Gasteiger partial charge in [0, 0.05) is 37.7 Å². The number of benzene rings is 2. The van der Waals surface area contributed by atoms with Crippen molar-refractivity contribution < 1.29 is 33.8 Å². The maximum atomic E-state index is 13.7. The summed E-state index contributed by atoms with van der Waals surface area (Å²) in [6.45, 7) is 5.13. The van der Waals surface area contributed by atoms with Gasteiger partial charge in [0.05, 0.1) is 42.7 Å². The number of aromatic nitrogens is 1. The third kappa shape index (κ3) is 6.51. The molecule has 0 aliphatic carbocycles. The largest absolute Gasteiger partial charge is 0.493 e. The Kier molecular flexibility index (Phi) is 8.99. The number of fused-ring (bicyclic) bond motifs is 5. The Balaban J connectivity index is 1.30. The Bertz CT molecular complexity index is 1470. The Hall–Kier alpha value is -3.77. The van der Waals surface area contributed by atoms with Gasteiger partial charge < -0.3 is 34.8 Å². The summed E-state index contributed by atoms with van der Waals surface area (Å²) in [5.74, 6) is 0.726. The van der Waals surface area contributed by atoms with Gasteiger partial charge in [0.15, 0.2) is 0 Å². The second-order valence-corrected chi connectivity index (χ2v) is 12.0. The van der Waals surface area contributed by atoms with E-state index in [9.17, 15) is 19.8 Å². The molecule has 3 aromatic rings. The number of likely N-dealkylation sites (tertiary alicyclic amines) is 1. The van der Waals surface area contributed by atoms with E-state index in [0.29, 0.717) is 62.5 Å². The van der Waals surface area contributed by atoms with E-state index in [-0.39, 0.29) is 37.1 Å². The van der Waals surface area contributed by atoms with Gasteiger partial charge >= 0.3 is 0 Å². The van der Waals surface area contributed by atoms with Gasteiger partial charge in [0.25, 0.3) is 5.91 Å². The summed E-state index contributed by atoms with van der Waals surface area (Å²) in [5.41, 5.74) is 4.75. The van der Waals surface area contributed by atoms with Crippen LogP contribution >= 0.6 is 0 Å². The molecule has 0 unspecified atom stereocenters. The van der Waals surface area contributed by atoms with E-state index >= 15 is 0 Å². The molecule has 3 aliphatic rings. The minimum absolute atomic E-state index is 0.0336. The number of rotatable bonds is 4. The lowest BCUT2D eigenvalue weighted by Gasteiger charge is -2.34. The van der Waals surface area contributed by atoms with Crippen LogP contribution in [0.2, 0.25) is 0 Å². The molecule has 2 amide bonds. The quantitative estimate of drug-likeness (QED) is 0.353. The number of aryl methyl sites for hydroxylation is 2. The number of amides is 2. The maximum absolute atomic E-state index is 13.7. The number of carbonyl (C=O) groups excluding carboxylic acids is 2. The second-order valence-electron chi connectivity index (χ2n) is 12.0. The molecule has 4 bridgehead atoms. The molecule has 1 aromatic heterocycles. The number of hydrogen-bond acceptors (Lipinski definition) is 9. The van der Waals surface area contributed by atoms with Crippen LogP contribution in [0.4, 0.5) is 0 Å². The number of aliphatic hydroxyl groups excluding tert-OH is 2. The third-order valence-corrected chi connectivity index (χ3v) is 9.04. The van der Waals surface area contributed by atoms with Crippen molar-refractivity contribution >= 4 is 11.8 Å². The number of ether oxygens (including phenoxy) is 2. The van der Waals surface area contributed by atoms with E-state index in [2.05, 4.69) is 15.8 Å². The highest BCUT2D eigenvalue weighted by Gasteiger charge is 2.39. The van der Waals surface area contributed by atoms with E-state index in [0.717, 1.165) is 27.9 Å². The highest BCUT2D eigenvalue weighted by molar-refractivity contribution is 5.98. The molecular weight excluding hydrogens is 564 g/mol. The average Bonchev–Trinajstić information content (AvgIpc) is 3.58. The minimum Gasteiger partial charge on any atom is -0.493 e. The van der Waals surface area contributed by atoms with Gasteiger partial charge in [-0.2, -0.15) is 0 Å². The number of hydrogen-bond donors (Lipinski definition) is 4. The van der Waals surface area contributed by atoms with Crippen molar-refractivity contribution in [1.82, 2.24) is 20.7 Å². The van der Waals surface area contributed by atoms with Crippen molar-refractivity contribution in [1.29, 1.82) is 0 Å². The highest BCUT2D eigenvalue weighted by atomic mass is 16.5. The molecule has 2 fully saturated rings. The molecule has 11 nitrogen and oxygen atoms in total. The first kappa shape index (κ1) is 30.3. The monoisotopic (exact) mass is 604 g/mol. The Labute approximate surface area is 256 Å². The molecule has 3 aliphatic heterocycles. The first-order valence-electron chi connectivity index (χ1n) is 15.3. The molecular formula is C33H40N4O7. The fraction of sp³-hybridized carbons (Fsp3) is 0.485. The smallest absolute Gasteiger partial charge is 0.255 e. The molecule has 5 atom stereocenters. The summed E-state index contributed by atoms with van der Waals surface area (Å²) in [6, 6.07) is 12.3. The fourth-order valence-corrected chi connectivity index (χ4v) is 6.43. The molecule has 0 saturated carbocycles. The van der Waals surface area contributed by atoms with Crippen molar-refractivity contribution in [3.63, 3.8) is 0 Å². The minimum atomic E-state index is -0.666. The van der Waals surface area contributed by atoms with Crippen LogP contribution in [0.5, 0.6) is 5.75 Å². The van der Waals surface area contributed by atoms with Crippen molar-refractivity contribution in [2.75, 3.05) is 19.7 Å². The van der Waals surface area contributed by atoms with Gasteiger partial charge in [-0.15, -0.1) is 0 Å². The van der Waals surface area contributed by atoms with Crippen LogP contribution in [0, 0.1) is 13.8 Å². The van der Waals surface area contributed by atoms with Crippen LogP contribution in [0.15, 0.2) is 47.0 Å². The first-order valence-corrected chi connectivity index (χ1v) is 15.3.